The van der Waals surface area contributed by atoms with Gasteiger partial charge in [-0.2, -0.15) is 13.2 Å². The van der Waals surface area contributed by atoms with Crippen molar-refractivity contribution in [3.63, 3.8) is 0 Å². The van der Waals surface area contributed by atoms with E-state index in [1.165, 1.54) is 24.3 Å². The first-order chi connectivity index (χ1) is 12.9. The van der Waals surface area contributed by atoms with Crippen molar-refractivity contribution in [2.24, 2.45) is 0 Å². The molecular weight excluding hydrogens is 375 g/mol. The van der Waals surface area contributed by atoms with E-state index >= 15 is 0 Å². The number of nitrogens with zero attached hydrogens (tertiary/aromatic N) is 1. The molecule has 0 bridgehead atoms. The summed E-state index contributed by atoms with van der Waals surface area (Å²) in [6.07, 6.45) is -4.45. The van der Waals surface area contributed by atoms with Crippen molar-refractivity contribution in [3.8, 4) is 0 Å². The van der Waals surface area contributed by atoms with Crippen LogP contribution >= 0.6 is 0 Å². The molecule has 1 saturated heterocycles. The number of ether oxygens (including phenoxy) is 1. The quantitative estimate of drug-likeness (QED) is 0.793. The molecule has 1 aliphatic heterocycles. The van der Waals surface area contributed by atoms with Crippen LogP contribution in [0, 0.1) is 0 Å². The first-order valence-corrected chi connectivity index (χ1v) is 9.12. The standard InChI is InChI=1S/C19H26F3N3O3/c1-18(2,3)28-17(27)25-10-8-15(9-11-25)24-16(26)23-14-6-4-13(5-7-14)12-19(20,21)22/h4-7,15H,8-12H2,1-3H3,(H2,23,24,26). The minimum atomic E-state index is -4.26. The van der Waals surface area contributed by atoms with Gasteiger partial charge < -0.3 is 20.3 Å². The lowest BCUT2D eigenvalue weighted by atomic mass is 10.1. The summed E-state index contributed by atoms with van der Waals surface area (Å²) >= 11 is 0. The van der Waals surface area contributed by atoms with E-state index in [-0.39, 0.29) is 17.7 Å². The Morgan fingerprint density at radius 1 is 1.11 bits per heavy atom. The molecule has 1 aliphatic rings. The molecule has 1 heterocycles. The van der Waals surface area contributed by atoms with Crippen LogP contribution in [0.4, 0.5) is 28.4 Å². The van der Waals surface area contributed by atoms with Crippen molar-refractivity contribution >= 4 is 17.8 Å². The molecule has 2 N–H and O–H groups in total. The Labute approximate surface area is 162 Å². The van der Waals surface area contributed by atoms with Gasteiger partial charge in [-0.3, -0.25) is 0 Å². The number of amides is 3. The van der Waals surface area contributed by atoms with Gasteiger partial charge >= 0.3 is 18.3 Å². The summed E-state index contributed by atoms with van der Waals surface area (Å²) < 4.78 is 42.4. The number of halogens is 3. The summed E-state index contributed by atoms with van der Waals surface area (Å²) in [6.45, 7) is 6.37. The van der Waals surface area contributed by atoms with Crippen molar-refractivity contribution in [1.82, 2.24) is 10.2 Å². The number of alkyl halides is 3. The molecule has 9 heteroatoms. The molecule has 0 radical (unpaired) electrons. The van der Waals surface area contributed by atoms with Crippen LogP contribution in [0.1, 0.15) is 39.2 Å². The van der Waals surface area contributed by atoms with Crippen LogP contribution in [0.15, 0.2) is 24.3 Å². The molecule has 156 valence electrons. The SMILES string of the molecule is CC(C)(C)OC(=O)N1CCC(NC(=O)Nc2ccc(CC(F)(F)F)cc2)CC1. The molecule has 0 atom stereocenters. The number of urea groups is 1. The number of carbonyl (C=O) groups is 2. The zero-order chi connectivity index (χ0) is 20.9. The minimum absolute atomic E-state index is 0.0943. The third-order valence-corrected chi connectivity index (χ3v) is 4.10. The Balaban J connectivity index is 1.76. The van der Waals surface area contributed by atoms with Crippen LogP contribution in [0.5, 0.6) is 0 Å². The van der Waals surface area contributed by atoms with Gasteiger partial charge in [0.15, 0.2) is 0 Å². The van der Waals surface area contributed by atoms with Gasteiger partial charge in [0, 0.05) is 24.8 Å². The molecule has 2 rings (SSSR count). The van der Waals surface area contributed by atoms with Crippen molar-refractivity contribution in [1.29, 1.82) is 0 Å². The van der Waals surface area contributed by atoms with Crippen molar-refractivity contribution in [2.75, 3.05) is 18.4 Å². The van der Waals surface area contributed by atoms with E-state index in [9.17, 15) is 22.8 Å². The molecule has 28 heavy (non-hydrogen) atoms. The molecular formula is C19H26F3N3O3. The van der Waals surface area contributed by atoms with Crippen molar-refractivity contribution < 1.29 is 27.5 Å². The second-order valence-electron chi connectivity index (χ2n) is 7.83. The highest BCUT2D eigenvalue weighted by Crippen LogP contribution is 2.22. The van der Waals surface area contributed by atoms with Crippen molar-refractivity contribution in [2.45, 2.75) is 57.9 Å². The van der Waals surface area contributed by atoms with E-state index in [2.05, 4.69) is 10.6 Å². The second kappa shape index (κ2) is 8.70. The summed E-state index contributed by atoms with van der Waals surface area (Å²) in [5.74, 6) is 0. The van der Waals surface area contributed by atoms with Gasteiger partial charge in [0.05, 0.1) is 6.42 Å². The highest BCUT2D eigenvalue weighted by molar-refractivity contribution is 5.89. The molecule has 6 nitrogen and oxygen atoms in total. The van der Waals surface area contributed by atoms with Crippen LogP contribution in [-0.4, -0.2) is 47.9 Å². The largest absolute Gasteiger partial charge is 0.444 e. The maximum atomic E-state index is 12.4. The average molecular weight is 401 g/mol. The van der Waals surface area contributed by atoms with E-state index < -0.39 is 24.2 Å². The predicted molar refractivity (Wildman–Crippen MR) is 99.2 cm³/mol. The van der Waals surface area contributed by atoms with E-state index in [4.69, 9.17) is 4.74 Å². The Morgan fingerprint density at radius 3 is 2.18 bits per heavy atom. The zero-order valence-electron chi connectivity index (χ0n) is 16.2. The lowest BCUT2D eigenvalue weighted by molar-refractivity contribution is -0.127. The van der Waals surface area contributed by atoms with Gasteiger partial charge in [-0.05, 0) is 51.3 Å². The van der Waals surface area contributed by atoms with Gasteiger partial charge in [0.25, 0.3) is 0 Å². The summed E-state index contributed by atoms with van der Waals surface area (Å²) in [5.41, 5.74) is -0.00979. The third kappa shape index (κ3) is 7.66. The average Bonchev–Trinajstić information content (AvgIpc) is 2.54. The van der Waals surface area contributed by atoms with Gasteiger partial charge in [0.1, 0.15) is 5.60 Å². The second-order valence-corrected chi connectivity index (χ2v) is 7.83. The van der Waals surface area contributed by atoms with E-state index in [1.54, 1.807) is 25.7 Å². The van der Waals surface area contributed by atoms with Gasteiger partial charge in [-0.1, -0.05) is 12.1 Å². The Morgan fingerprint density at radius 2 is 1.68 bits per heavy atom. The molecule has 1 fully saturated rings. The van der Waals surface area contributed by atoms with Crippen LogP contribution < -0.4 is 10.6 Å². The number of rotatable bonds is 3. The number of hydrogen-bond donors (Lipinski definition) is 2. The fourth-order valence-corrected chi connectivity index (χ4v) is 2.82. The number of anilines is 1. The Kier molecular flexibility index (Phi) is 6.79. The third-order valence-electron chi connectivity index (χ3n) is 4.10. The molecule has 3 amide bonds. The molecule has 0 saturated carbocycles. The molecule has 0 aromatic heterocycles. The molecule has 0 spiro atoms. The number of likely N-dealkylation sites (tertiary alicyclic amines) is 1. The predicted octanol–water partition coefficient (Wildman–Crippen LogP) is 4.31. The highest BCUT2D eigenvalue weighted by atomic mass is 19.4. The maximum absolute atomic E-state index is 12.4. The van der Waals surface area contributed by atoms with Gasteiger partial charge in [-0.25, -0.2) is 9.59 Å². The number of piperidine rings is 1. The van der Waals surface area contributed by atoms with Crippen LogP contribution in [0.25, 0.3) is 0 Å². The first kappa shape index (κ1) is 21.8. The maximum Gasteiger partial charge on any atom is 0.410 e. The molecule has 1 aromatic rings. The molecule has 1 aromatic carbocycles. The smallest absolute Gasteiger partial charge is 0.410 e. The number of carbonyl (C=O) groups excluding carboxylic acids is 2. The normalized spacial score (nSPS) is 15.9. The number of nitrogens with one attached hydrogen (secondary N) is 2. The molecule has 0 unspecified atom stereocenters. The van der Waals surface area contributed by atoms with Crippen molar-refractivity contribution in [3.05, 3.63) is 29.8 Å². The summed E-state index contributed by atoms with van der Waals surface area (Å²) in [7, 11) is 0. The van der Waals surface area contributed by atoms with E-state index in [0.717, 1.165) is 0 Å². The number of benzene rings is 1. The monoisotopic (exact) mass is 401 g/mol. The fraction of sp³-hybridized carbons (Fsp3) is 0.579. The fourth-order valence-electron chi connectivity index (χ4n) is 2.82. The summed E-state index contributed by atoms with van der Waals surface area (Å²) in [4.78, 5) is 25.7. The zero-order valence-corrected chi connectivity index (χ0v) is 16.2. The highest BCUT2D eigenvalue weighted by Gasteiger charge is 2.28. The van der Waals surface area contributed by atoms with Crippen LogP contribution in [0.2, 0.25) is 0 Å². The first-order valence-electron chi connectivity index (χ1n) is 9.12. The van der Waals surface area contributed by atoms with Gasteiger partial charge in [-0.15, -0.1) is 0 Å². The summed E-state index contributed by atoms with van der Waals surface area (Å²) in [5, 5.41) is 5.43. The van der Waals surface area contributed by atoms with Crippen LogP contribution in [-0.2, 0) is 11.2 Å². The summed E-state index contributed by atoms with van der Waals surface area (Å²) in [6, 6.07) is 5.02. The lowest BCUT2D eigenvalue weighted by Gasteiger charge is -2.33. The molecule has 0 aliphatic carbocycles. The van der Waals surface area contributed by atoms with E-state index in [1.807, 2.05) is 0 Å². The number of hydrogen-bond acceptors (Lipinski definition) is 3. The Hall–Kier alpha value is -2.45. The van der Waals surface area contributed by atoms with Crippen LogP contribution in [0.3, 0.4) is 0 Å². The minimum Gasteiger partial charge on any atom is -0.444 e. The Bertz CT molecular complexity index is 676. The van der Waals surface area contributed by atoms with E-state index in [0.29, 0.717) is 31.6 Å². The van der Waals surface area contributed by atoms with Gasteiger partial charge in [0.2, 0.25) is 0 Å². The topological polar surface area (TPSA) is 70.7 Å². The lowest BCUT2D eigenvalue weighted by Crippen LogP contribution is -2.48.